The van der Waals surface area contributed by atoms with E-state index in [2.05, 4.69) is 6.92 Å². The van der Waals surface area contributed by atoms with Gasteiger partial charge in [0.2, 0.25) is 0 Å². The van der Waals surface area contributed by atoms with Gasteiger partial charge in [0.1, 0.15) is 5.03 Å². The molecule has 0 aromatic rings. The number of hydrogen-bond acceptors (Lipinski definition) is 2. The Balaban J connectivity index is 3.72. The summed E-state index contributed by atoms with van der Waals surface area (Å²) in [6.07, 6.45) is 3.82. The minimum absolute atomic E-state index is 0.0623. The van der Waals surface area contributed by atoms with E-state index in [0.29, 0.717) is 6.42 Å². The van der Waals surface area contributed by atoms with E-state index in [9.17, 15) is 0 Å². The number of alkyl halides is 1. The van der Waals surface area contributed by atoms with Crippen LogP contribution in [0.3, 0.4) is 0 Å². The minimum Gasteiger partial charge on any atom is -0.480 e. The average Bonchev–Trinajstić information content (AvgIpc) is 2.03. The van der Waals surface area contributed by atoms with Crippen molar-refractivity contribution in [3.05, 3.63) is 11.0 Å². The molecule has 2 nitrogen and oxygen atoms in total. The minimum atomic E-state index is -0.867. The van der Waals surface area contributed by atoms with Gasteiger partial charge in [0.15, 0.2) is 0 Å². The normalized spacial score (nSPS) is 12.6. The number of hydrogen-bond donors (Lipinski definition) is 2. The van der Waals surface area contributed by atoms with Crippen molar-refractivity contribution in [2.75, 3.05) is 0 Å². The molecule has 4 heteroatoms. The number of rotatable bonds is 5. The summed E-state index contributed by atoms with van der Waals surface area (Å²) < 4.78 is 0. The first-order valence-electron chi connectivity index (χ1n) is 4.01. The average molecular weight is 213 g/mol. The van der Waals surface area contributed by atoms with E-state index in [1.165, 1.54) is 0 Å². The maximum absolute atomic E-state index is 8.57. The summed E-state index contributed by atoms with van der Waals surface area (Å²) in [5, 5.41) is 16.6. The van der Waals surface area contributed by atoms with Gasteiger partial charge in [-0.2, -0.15) is 0 Å². The highest BCUT2D eigenvalue weighted by Crippen LogP contribution is 2.21. The second-order valence-corrected chi connectivity index (χ2v) is 3.57. The molecular formula is C8H14Cl2O2. The smallest absolute Gasteiger partial charge is 0.290 e. The van der Waals surface area contributed by atoms with Crippen LogP contribution in [-0.2, 0) is 0 Å². The molecule has 0 fully saturated rings. The fourth-order valence-corrected chi connectivity index (χ4v) is 1.20. The maximum Gasteiger partial charge on any atom is 0.290 e. The molecule has 0 saturated heterocycles. The van der Waals surface area contributed by atoms with Crippen molar-refractivity contribution in [1.82, 2.24) is 0 Å². The van der Waals surface area contributed by atoms with E-state index < -0.39 is 11.3 Å². The third-order valence-electron chi connectivity index (χ3n) is 1.55. The van der Waals surface area contributed by atoms with E-state index in [1.807, 2.05) is 0 Å². The molecule has 12 heavy (non-hydrogen) atoms. The van der Waals surface area contributed by atoms with Crippen LogP contribution in [0.25, 0.3) is 0 Å². The van der Waals surface area contributed by atoms with Crippen LogP contribution in [0.5, 0.6) is 0 Å². The largest absolute Gasteiger partial charge is 0.480 e. The van der Waals surface area contributed by atoms with Crippen LogP contribution in [0.1, 0.15) is 32.6 Å². The lowest BCUT2D eigenvalue weighted by Gasteiger charge is -2.06. The first-order chi connectivity index (χ1) is 5.59. The lowest BCUT2D eigenvalue weighted by molar-refractivity contribution is 0.187. The fraction of sp³-hybridized carbons (Fsp3) is 0.750. The van der Waals surface area contributed by atoms with Gasteiger partial charge in [-0.1, -0.05) is 37.8 Å². The van der Waals surface area contributed by atoms with Gasteiger partial charge in [-0.05, 0) is 6.42 Å². The Kier molecular flexibility index (Phi) is 6.39. The van der Waals surface area contributed by atoms with Crippen LogP contribution in [-0.4, -0.2) is 15.6 Å². The van der Waals surface area contributed by atoms with Crippen LogP contribution >= 0.6 is 23.2 Å². The second-order valence-electron chi connectivity index (χ2n) is 2.63. The molecule has 0 spiro atoms. The summed E-state index contributed by atoms with van der Waals surface area (Å²) in [6, 6.07) is 0. The zero-order valence-electron chi connectivity index (χ0n) is 7.06. The van der Waals surface area contributed by atoms with Gasteiger partial charge in [-0.25, -0.2) is 0 Å². The van der Waals surface area contributed by atoms with Gasteiger partial charge >= 0.3 is 0 Å². The Bertz CT molecular complexity index is 153. The molecule has 0 amide bonds. The SMILES string of the molecule is CCCCCC(Cl)C(Cl)=C(O)O. The van der Waals surface area contributed by atoms with Crippen LogP contribution in [0.2, 0.25) is 0 Å². The number of halogens is 2. The van der Waals surface area contributed by atoms with Crippen molar-refractivity contribution in [3.8, 4) is 0 Å². The van der Waals surface area contributed by atoms with Gasteiger partial charge in [-0.3, -0.25) is 0 Å². The standard InChI is InChI=1S/C8H14Cl2O2/c1-2-3-4-5-6(9)7(10)8(11)12/h6,11-12H,2-5H2,1H3. The Hall–Kier alpha value is -0.0800. The van der Waals surface area contributed by atoms with E-state index in [4.69, 9.17) is 33.4 Å². The van der Waals surface area contributed by atoms with Crippen LogP contribution < -0.4 is 0 Å². The van der Waals surface area contributed by atoms with Crippen molar-refractivity contribution in [2.24, 2.45) is 0 Å². The van der Waals surface area contributed by atoms with Gasteiger partial charge in [0.05, 0.1) is 5.38 Å². The molecule has 0 bridgehead atoms. The van der Waals surface area contributed by atoms with Gasteiger partial charge in [-0.15, -0.1) is 11.6 Å². The van der Waals surface area contributed by atoms with Gasteiger partial charge in [0.25, 0.3) is 5.95 Å². The van der Waals surface area contributed by atoms with Crippen molar-refractivity contribution < 1.29 is 10.2 Å². The topological polar surface area (TPSA) is 40.5 Å². The summed E-state index contributed by atoms with van der Waals surface area (Å²) in [4.78, 5) is 0. The molecule has 0 aromatic heterocycles. The quantitative estimate of drug-likeness (QED) is 0.415. The highest BCUT2D eigenvalue weighted by Gasteiger charge is 2.12. The first-order valence-corrected chi connectivity index (χ1v) is 4.82. The Morgan fingerprint density at radius 2 is 1.92 bits per heavy atom. The van der Waals surface area contributed by atoms with Crippen molar-refractivity contribution in [1.29, 1.82) is 0 Å². The number of unbranched alkanes of at least 4 members (excludes halogenated alkanes) is 2. The second kappa shape index (κ2) is 6.44. The first kappa shape index (κ1) is 11.9. The third kappa shape index (κ3) is 4.73. The molecule has 0 aliphatic rings. The molecule has 0 rings (SSSR count). The molecule has 0 radical (unpaired) electrons. The Morgan fingerprint density at radius 3 is 2.33 bits per heavy atom. The molecule has 0 aliphatic carbocycles. The lowest BCUT2D eigenvalue weighted by atomic mass is 10.1. The van der Waals surface area contributed by atoms with Gasteiger partial charge in [0, 0.05) is 0 Å². The summed E-state index contributed by atoms with van der Waals surface area (Å²) >= 11 is 11.2. The van der Waals surface area contributed by atoms with Gasteiger partial charge < -0.3 is 10.2 Å². The van der Waals surface area contributed by atoms with Crippen molar-refractivity contribution in [2.45, 2.75) is 38.0 Å². The van der Waals surface area contributed by atoms with E-state index in [-0.39, 0.29) is 5.03 Å². The van der Waals surface area contributed by atoms with E-state index in [1.54, 1.807) is 0 Å². The summed E-state index contributed by atoms with van der Waals surface area (Å²) in [5.41, 5.74) is 0. The molecule has 72 valence electrons. The Labute approximate surface area is 82.8 Å². The Morgan fingerprint density at radius 1 is 1.33 bits per heavy atom. The molecule has 1 unspecified atom stereocenters. The number of aliphatic hydroxyl groups excluding tert-OH is 1. The predicted octanol–water partition coefficient (Wildman–Crippen LogP) is 3.70. The molecule has 2 N–H and O–H groups in total. The molecule has 0 heterocycles. The zero-order valence-corrected chi connectivity index (χ0v) is 8.57. The zero-order chi connectivity index (χ0) is 9.56. The highest BCUT2D eigenvalue weighted by atomic mass is 35.5. The van der Waals surface area contributed by atoms with Crippen LogP contribution in [0.4, 0.5) is 0 Å². The number of aliphatic hydroxyl groups is 2. The van der Waals surface area contributed by atoms with E-state index >= 15 is 0 Å². The van der Waals surface area contributed by atoms with E-state index in [0.717, 1.165) is 19.3 Å². The van der Waals surface area contributed by atoms with Crippen molar-refractivity contribution in [3.63, 3.8) is 0 Å². The molecule has 0 aliphatic heterocycles. The predicted molar refractivity (Wildman–Crippen MR) is 51.9 cm³/mol. The summed E-state index contributed by atoms with van der Waals surface area (Å²) in [7, 11) is 0. The molecule has 1 atom stereocenters. The molecule has 0 aromatic carbocycles. The lowest BCUT2D eigenvalue weighted by Crippen LogP contribution is -2.01. The van der Waals surface area contributed by atoms with Crippen LogP contribution in [0, 0.1) is 0 Å². The third-order valence-corrected chi connectivity index (χ3v) is 2.53. The molecular weight excluding hydrogens is 199 g/mol. The molecule has 0 saturated carbocycles. The fourth-order valence-electron chi connectivity index (χ4n) is 0.840. The van der Waals surface area contributed by atoms with Crippen LogP contribution in [0.15, 0.2) is 11.0 Å². The highest BCUT2D eigenvalue weighted by molar-refractivity contribution is 6.37. The van der Waals surface area contributed by atoms with Crippen molar-refractivity contribution >= 4 is 23.2 Å². The maximum atomic E-state index is 8.57. The monoisotopic (exact) mass is 212 g/mol. The summed E-state index contributed by atoms with van der Waals surface area (Å²) in [5.74, 6) is -0.867. The summed E-state index contributed by atoms with van der Waals surface area (Å²) in [6.45, 7) is 2.09. The number of allylic oxidation sites excluding steroid dienone is 1.